The molecule has 0 aliphatic carbocycles. The minimum Gasteiger partial charge on any atom is -0.383 e. The van der Waals surface area contributed by atoms with E-state index in [1.807, 2.05) is 12.1 Å². The van der Waals surface area contributed by atoms with Crippen molar-refractivity contribution in [3.8, 4) is 0 Å². The van der Waals surface area contributed by atoms with Crippen LogP contribution < -0.4 is 10.6 Å². The molecule has 2 rings (SSSR count). The summed E-state index contributed by atoms with van der Waals surface area (Å²) in [5, 5.41) is 6.78. The van der Waals surface area contributed by atoms with Crippen molar-refractivity contribution in [3.05, 3.63) is 28.7 Å². The summed E-state index contributed by atoms with van der Waals surface area (Å²) in [5.41, 5.74) is 1.14. The molecule has 15 heavy (non-hydrogen) atoms. The SMILES string of the molecule is Brc1ccc(NCC2COCCN2)cc1. The van der Waals surface area contributed by atoms with E-state index in [9.17, 15) is 0 Å². The summed E-state index contributed by atoms with van der Waals surface area (Å²) < 4.78 is 6.48. The zero-order chi connectivity index (χ0) is 10.5. The molecule has 0 spiro atoms. The molecule has 3 nitrogen and oxygen atoms in total. The number of benzene rings is 1. The Morgan fingerprint density at radius 2 is 2.20 bits per heavy atom. The first-order chi connectivity index (χ1) is 7.34. The molecule has 0 saturated carbocycles. The van der Waals surface area contributed by atoms with Crippen LogP contribution in [0.1, 0.15) is 0 Å². The molecule has 1 aliphatic heterocycles. The highest BCUT2D eigenvalue weighted by Gasteiger charge is 2.11. The molecule has 1 saturated heterocycles. The number of morpholine rings is 1. The summed E-state index contributed by atoms with van der Waals surface area (Å²) in [5.74, 6) is 0. The molecule has 1 fully saturated rings. The predicted molar refractivity (Wildman–Crippen MR) is 65.2 cm³/mol. The maximum Gasteiger partial charge on any atom is 0.0637 e. The van der Waals surface area contributed by atoms with Crippen LogP contribution in [0.2, 0.25) is 0 Å². The van der Waals surface area contributed by atoms with Crippen molar-refractivity contribution in [2.75, 3.05) is 31.6 Å². The molecule has 4 heteroatoms. The predicted octanol–water partition coefficient (Wildman–Crippen LogP) is 1.85. The summed E-state index contributed by atoms with van der Waals surface area (Å²) in [7, 11) is 0. The molecule has 82 valence electrons. The molecule has 1 aliphatic rings. The molecule has 0 radical (unpaired) electrons. The van der Waals surface area contributed by atoms with Crippen LogP contribution in [-0.2, 0) is 4.74 Å². The Balaban J connectivity index is 1.79. The molecular weight excluding hydrogens is 256 g/mol. The van der Waals surface area contributed by atoms with Gasteiger partial charge in [-0.1, -0.05) is 15.9 Å². The topological polar surface area (TPSA) is 33.3 Å². The molecular formula is C11H15BrN2O. The van der Waals surface area contributed by atoms with Crippen LogP contribution in [0, 0.1) is 0 Å². The van der Waals surface area contributed by atoms with Crippen molar-refractivity contribution in [1.29, 1.82) is 0 Å². The van der Waals surface area contributed by atoms with E-state index in [0.717, 1.165) is 36.5 Å². The lowest BCUT2D eigenvalue weighted by Crippen LogP contribution is -2.45. The fourth-order valence-electron chi connectivity index (χ4n) is 1.56. The molecule has 1 unspecified atom stereocenters. The van der Waals surface area contributed by atoms with Gasteiger partial charge in [-0.25, -0.2) is 0 Å². The van der Waals surface area contributed by atoms with Gasteiger partial charge < -0.3 is 15.4 Å². The molecule has 0 bridgehead atoms. The highest BCUT2D eigenvalue weighted by atomic mass is 79.9. The quantitative estimate of drug-likeness (QED) is 0.880. The molecule has 0 aromatic heterocycles. The molecule has 1 aromatic carbocycles. The second kappa shape index (κ2) is 5.49. The van der Waals surface area contributed by atoms with E-state index >= 15 is 0 Å². The second-order valence-electron chi connectivity index (χ2n) is 3.61. The average molecular weight is 271 g/mol. The maximum atomic E-state index is 5.38. The van der Waals surface area contributed by atoms with Crippen molar-refractivity contribution in [2.45, 2.75) is 6.04 Å². The summed E-state index contributed by atoms with van der Waals surface area (Å²) in [6.07, 6.45) is 0. The van der Waals surface area contributed by atoms with Crippen LogP contribution in [0.25, 0.3) is 0 Å². The van der Waals surface area contributed by atoms with Gasteiger partial charge in [0, 0.05) is 29.3 Å². The maximum absolute atomic E-state index is 5.38. The highest BCUT2D eigenvalue weighted by Crippen LogP contribution is 2.13. The minimum absolute atomic E-state index is 0.419. The molecule has 1 atom stereocenters. The number of hydrogen-bond acceptors (Lipinski definition) is 3. The molecule has 1 heterocycles. The van der Waals surface area contributed by atoms with Crippen LogP contribution in [0.3, 0.4) is 0 Å². The van der Waals surface area contributed by atoms with Gasteiger partial charge in [0.2, 0.25) is 0 Å². The van der Waals surface area contributed by atoms with Gasteiger partial charge in [-0.05, 0) is 24.3 Å². The second-order valence-corrected chi connectivity index (χ2v) is 4.53. The third-order valence-electron chi connectivity index (χ3n) is 2.40. The third-order valence-corrected chi connectivity index (χ3v) is 2.92. The highest BCUT2D eigenvalue weighted by molar-refractivity contribution is 9.10. The van der Waals surface area contributed by atoms with Gasteiger partial charge >= 0.3 is 0 Å². The van der Waals surface area contributed by atoms with Gasteiger partial charge in [0.1, 0.15) is 0 Å². The molecule has 1 aromatic rings. The normalized spacial score (nSPS) is 21.3. The lowest BCUT2D eigenvalue weighted by Gasteiger charge is -2.24. The smallest absolute Gasteiger partial charge is 0.0637 e. The fraction of sp³-hybridized carbons (Fsp3) is 0.455. The Morgan fingerprint density at radius 3 is 2.87 bits per heavy atom. The first-order valence-corrected chi connectivity index (χ1v) is 5.94. The van der Waals surface area contributed by atoms with E-state index < -0.39 is 0 Å². The molecule has 0 amide bonds. The average Bonchev–Trinajstić information content (AvgIpc) is 2.30. The van der Waals surface area contributed by atoms with Gasteiger partial charge in [0.05, 0.1) is 13.2 Å². The lowest BCUT2D eigenvalue weighted by atomic mass is 10.2. The van der Waals surface area contributed by atoms with Gasteiger partial charge in [0.25, 0.3) is 0 Å². The monoisotopic (exact) mass is 270 g/mol. The van der Waals surface area contributed by atoms with Crippen LogP contribution in [0.4, 0.5) is 5.69 Å². The first-order valence-electron chi connectivity index (χ1n) is 5.15. The van der Waals surface area contributed by atoms with E-state index in [0.29, 0.717) is 6.04 Å². The van der Waals surface area contributed by atoms with E-state index in [2.05, 4.69) is 38.7 Å². The van der Waals surface area contributed by atoms with E-state index in [1.165, 1.54) is 0 Å². The van der Waals surface area contributed by atoms with Crippen LogP contribution in [-0.4, -0.2) is 32.3 Å². The number of hydrogen-bond donors (Lipinski definition) is 2. The van der Waals surface area contributed by atoms with Crippen molar-refractivity contribution in [3.63, 3.8) is 0 Å². The summed E-state index contributed by atoms with van der Waals surface area (Å²) in [6.45, 7) is 3.48. The van der Waals surface area contributed by atoms with Crippen molar-refractivity contribution >= 4 is 21.6 Å². The van der Waals surface area contributed by atoms with Gasteiger partial charge in [-0.15, -0.1) is 0 Å². The fourth-order valence-corrected chi connectivity index (χ4v) is 1.82. The minimum atomic E-state index is 0.419. The van der Waals surface area contributed by atoms with Crippen molar-refractivity contribution in [1.82, 2.24) is 5.32 Å². The van der Waals surface area contributed by atoms with Gasteiger partial charge in [0.15, 0.2) is 0 Å². The van der Waals surface area contributed by atoms with Crippen LogP contribution >= 0.6 is 15.9 Å². The molecule has 2 N–H and O–H groups in total. The summed E-state index contributed by atoms with van der Waals surface area (Å²) in [4.78, 5) is 0. The van der Waals surface area contributed by atoms with Gasteiger partial charge in [-0.3, -0.25) is 0 Å². The van der Waals surface area contributed by atoms with E-state index in [1.54, 1.807) is 0 Å². The van der Waals surface area contributed by atoms with Crippen molar-refractivity contribution in [2.24, 2.45) is 0 Å². The summed E-state index contributed by atoms with van der Waals surface area (Å²) >= 11 is 3.41. The Labute approximate surface area is 98.3 Å². The number of halogens is 1. The lowest BCUT2D eigenvalue weighted by molar-refractivity contribution is 0.0806. The number of rotatable bonds is 3. The Bertz CT molecular complexity index is 296. The first kappa shape index (κ1) is 10.9. The Kier molecular flexibility index (Phi) is 4.00. The number of nitrogens with one attached hydrogen (secondary N) is 2. The van der Waals surface area contributed by atoms with Crippen LogP contribution in [0.15, 0.2) is 28.7 Å². The van der Waals surface area contributed by atoms with E-state index in [4.69, 9.17) is 4.74 Å². The number of ether oxygens (including phenoxy) is 1. The number of anilines is 1. The van der Waals surface area contributed by atoms with Crippen LogP contribution in [0.5, 0.6) is 0 Å². The zero-order valence-corrected chi connectivity index (χ0v) is 10.1. The van der Waals surface area contributed by atoms with Gasteiger partial charge in [-0.2, -0.15) is 0 Å². The Morgan fingerprint density at radius 1 is 1.40 bits per heavy atom. The Hall–Kier alpha value is -0.580. The third kappa shape index (κ3) is 3.48. The summed E-state index contributed by atoms with van der Waals surface area (Å²) in [6, 6.07) is 8.62. The van der Waals surface area contributed by atoms with E-state index in [-0.39, 0.29) is 0 Å². The largest absolute Gasteiger partial charge is 0.383 e. The zero-order valence-electron chi connectivity index (χ0n) is 8.50. The van der Waals surface area contributed by atoms with Crippen molar-refractivity contribution < 1.29 is 4.74 Å². The standard InChI is InChI=1S/C11H15BrN2O/c12-9-1-3-10(4-2-9)14-7-11-8-15-6-5-13-11/h1-4,11,13-14H,5-8H2.